The summed E-state index contributed by atoms with van der Waals surface area (Å²) >= 11 is 0. The Morgan fingerprint density at radius 3 is 2.29 bits per heavy atom. The summed E-state index contributed by atoms with van der Waals surface area (Å²) in [5.74, 6) is -1.51. The molecule has 2 aromatic carbocycles. The number of likely N-dealkylation sites (tertiary alicyclic amines) is 1. The van der Waals surface area contributed by atoms with E-state index in [0.29, 0.717) is 42.7 Å². The fourth-order valence-electron chi connectivity index (χ4n) is 4.01. The van der Waals surface area contributed by atoms with Gasteiger partial charge in [0.1, 0.15) is 5.82 Å². The summed E-state index contributed by atoms with van der Waals surface area (Å²) in [7, 11) is 0. The first-order valence-electron chi connectivity index (χ1n) is 11.1. The lowest BCUT2D eigenvalue weighted by atomic mass is 10.0. The van der Waals surface area contributed by atoms with Gasteiger partial charge in [0.05, 0.1) is 16.8 Å². The predicted octanol–water partition coefficient (Wildman–Crippen LogP) is 3.82. The predicted molar refractivity (Wildman–Crippen MR) is 126 cm³/mol. The molecule has 1 aliphatic heterocycles. The van der Waals surface area contributed by atoms with Gasteiger partial charge in [-0.25, -0.2) is 4.39 Å². The van der Waals surface area contributed by atoms with Gasteiger partial charge in [-0.15, -0.1) is 0 Å². The van der Waals surface area contributed by atoms with Crippen molar-refractivity contribution in [2.75, 3.05) is 18.4 Å². The van der Waals surface area contributed by atoms with Gasteiger partial charge >= 0.3 is 0 Å². The van der Waals surface area contributed by atoms with Crippen molar-refractivity contribution in [3.8, 4) is 0 Å². The summed E-state index contributed by atoms with van der Waals surface area (Å²) in [4.78, 5) is 43.9. The van der Waals surface area contributed by atoms with E-state index in [9.17, 15) is 18.8 Å². The first kappa shape index (κ1) is 23.1. The Kier molecular flexibility index (Phi) is 6.96. The maximum atomic E-state index is 14.0. The molecular formula is C26H25FN4O3. The van der Waals surface area contributed by atoms with Crippen LogP contribution in [0, 0.1) is 12.7 Å². The number of anilines is 1. The van der Waals surface area contributed by atoms with E-state index in [1.165, 1.54) is 24.5 Å². The van der Waals surface area contributed by atoms with Crippen molar-refractivity contribution in [1.82, 2.24) is 15.2 Å². The number of pyridine rings is 1. The van der Waals surface area contributed by atoms with Gasteiger partial charge in [0.2, 0.25) is 0 Å². The van der Waals surface area contributed by atoms with Gasteiger partial charge in [0, 0.05) is 37.1 Å². The van der Waals surface area contributed by atoms with E-state index < -0.39 is 5.82 Å². The van der Waals surface area contributed by atoms with Crippen molar-refractivity contribution in [3.05, 3.63) is 95.1 Å². The smallest absolute Gasteiger partial charge is 0.256 e. The molecule has 8 heteroatoms. The molecule has 0 bridgehead atoms. The molecule has 4 rings (SSSR count). The first-order chi connectivity index (χ1) is 16.4. The summed E-state index contributed by atoms with van der Waals surface area (Å²) in [6.07, 6.45) is 4.17. The number of piperidine rings is 1. The fraction of sp³-hybridized carbons (Fsp3) is 0.231. The Balaban J connectivity index is 1.40. The SMILES string of the molecule is Cc1cccc(C(=O)NC2CCN(C(=O)c3ccccc3F)CC2)c1NC(=O)c1ccncc1. The van der Waals surface area contributed by atoms with E-state index in [1.807, 2.05) is 13.0 Å². The molecule has 2 N–H and O–H groups in total. The third-order valence-corrected chi connectivity index (χ3v) is 5.92. The number of carbonyl (C=O) groups is 3. The minimum absolute atomic E-state index is 0.0549. The lowest BCUT2D eigenvalue weighted by molar-refractivity contribution is 0.0693. The lowest BCUT2D eigenvalue weighted by Crippen LogP contribution is -2.46. The Morgan fingerprint density at radius 1 is 0.912 bits per heavy atom. The molecule has 2 heterocycles. The van der Waals surface area contributed by atoms with E-state index in [4.69, 9.17) is 0 Å². The maximum absolute atomic E-state index is 14.0. The fourth-order valence-corrected chi connectivity index (χ4v) is 4.01. The van der Waals surface area contributed by atoms with E-state index in [2.05, 4.69) is 15.6 Å². The monoisotopic (exact) mass is 460 g/mol. The Hall–Kier alpha value is -4.07. The molecule has 1 aliphatic rings. The average Bonchev–Trinajstić information content (AvgIpc) is 2.86. The zero-order valence-electron chi connectivity index (χ0n) is 18.8. The first-order valence-corrected chi connectivity index (χ1v) is 11.1. The van der Waals surface area contributed by atoms with E-state index >= 15 is 0 Å². The zero-order chi connectivity index (χ0) is 24.1. The summed E-state index contributed by atoms with van der Waals surface area (Å²) in [5.41, 5.74) is 2.08. The molecule has 174 valence electrons. The number of hydrogen-bond acceptors (Lipinski definition) is 4. The molecule has 0 spiro atoms. The van der Waals surface area contributed by atoms with Crippen molar-refractivity contribution in [2.45, 2.75) is 25.8 Å². The van der Waals surface area contributed by atoms with Gasteiger partial charge in [0.15, 0.2) is 0 Å². The van der Waals surface area contributed by atoms with E-state index in [0.717, 1.165) is 5.56 Å². The van der Waals surface area contributed by atoms with Crippen molar-refractivity contribution >= 4 is 23.4 Å². The Morgan fingerprint density at radius 2 is 1.59 bits per heavy atom. The van der Waals surface area contributed by atoms with Gasteiger partial charge in [-0.3, -0.25) is 19.4 Å². The molecule has 1 saturated heterocycles. The molecule has 0 radical (unpaired) electrons. The average molecular weight is 461 g/mol. The molecule has 0 atom stereocenters. The number of carbonyl (C=O) groups excluding carboxylic acids is 3. The van der Waals surface area contributed by atoms with Crippen LogP contribution in [0.3, 0.4) is 0 Å². The second-order valence-corrected chi connectivity index (χ2v) is 8.21. The number of nitrogens with one attached hydrogen (secondary N) is 2. The van der Waals surface area contributed by atoms with Crippen LogP contribution < -0.4 is 10.6 Å². The molecule has 34 heavy (non-hydrogen) atoms. The summed E-state index contributed by atoms with van der Waals surface area (Å²) in [6.45, 7) is 2.65. The van der Waals surface area contributed by atoms with Gasteiger partial charge in [-0.1, -0.05) is 24.3 Å². The highest BCUT2D eigenvalue weighted by Gasteiger charge is 2.27. The quantitative estimate of drug-likeness (QED) is 0.606. The molecular weight excluding hydrogens is 435 g/mol. The van der Waals surface area contributed by atoms with Crippen LogP contribution in [-0.4, -0.2) is 46.7 Å². The number of benzene rings is 2. The molecule has 0 saturated carbocycles. The Bertz CT molecular complexity index is 1210. The molecule has 0 aliphatic carbocycles. The van der Waals surface area contributed by atoms with Crippen molar-refractivity contribution in [2.24, 2.45) is 0 Å². The molecule has 1 fully saturated rings. The summed E-state index contributed by atoms with van der Waals surface area (Å²) in [6, 6.07) is 14.3. The largest absolute Gasteiger partial charge is 0.349 e. The van der Waals surface area contributed by atoms with Gasteiger partial charge in [-0.2, -0.15) is 0 Å². The topological polar surface area (TPSA) is 91.4 Å². The summed E-state index contributed by atoms with van der Waals surface area (Å²) in [5, 5.41) is 5.86. The van der Waals surface area contributed by atoms with Crippen molar-refractivity contribution in [3.63, 3.8) is 0 Å². The standard InChI is InChI=1S/C26H25FN4O3/c1-17-5-4-7-21(23(17)30-24(32)18-9-13-28-14-10-18)25(33)29-19-11-15-31(16-12-19)26(34)20-6-2-3-8-22(20)27/h2-10,13-14,19H,11-12,15-16H2,1H3,(H,29,33)(H,30,32). The van der Waals surface area contributed by atoms with Crippen molar-refractivity contribution < 1.29 is 18.8 Å². The highest BCUT2D eigenvalue weighted by molar-refractivity contribution is 6.09. The maximum Gasteiger partial charge on any atom is 0.256 e. The van der Waals surface area contributed by atoms with Crippen LogP contribution in [0.25, 0.3) is 0 Å². The second-order valence-electron chi connectivity index (χ2n) is 8.21. The lowest BCUT2D eigenvalue weighted by Gasteiger charge is -2.32. The number of hydrogen-bond donors (Lipinski definition) is 2. The number of para-hydroxylation sites is 1. The second kappa shape index (κ2) is 10.2. The molecule has 3 aromatic rings. The molecule has 1 aromatic heterocycles. The number of rotatable bonds is 5. The number of amides is 3. The minimum atomic E-state index is -0.538. The number of halogens is 1. The van der Waals surface area contributed by atoms with Gasteiger partial charge < -0.3 is 15.5 Å². The van der Waals surface area contributed by atoms with Crippen molar-refractivity contribution in [1.29, 1.82) is 0 Å². The van der Waals surface area contributed by atoms with E-state index in [1.54, 1.807) is 41.3 Å². The normalized spacial score (nSPS) is 13.9. The number of nitrogens with zero attached hydrogens (tertiary/aromatic N) is 2. The van der Waals surface area contributed by atoms with E-state index in [-0.39, 0.29) is 29.3 Å². The van der Waals surface area contributed by atoms with Crippen LogP contribution in [0.4, 0.5) is 10.1 Å². The third-order valence-electron chi connectivity index (χ3n) is 5.92. The zero-order valence-corrected chi connectivity index (χ0v) is 18.8. The van der Waals surface area contributed by atoms with Crippen LogP contribution >= 0.6 is 0 Å². The summed E-state index contributed by atoms with van der Waals surface area (Å²) < 4.78 is 14.0. The highest BCUT2D eigenvalue weighted by Crippen LogP contribution is 2.23. The van der Waals surface area contributed by atoms with Crippen LogP contribution in [0.15, 0.2) is 67.0 Å². The number of aromatic nitrogens is 1. The molecule has 0 unspecified atom stereocenters. The molecule has 7 nitrogen and oxygen atoms in total. The van der Waals surface area contributed by atoms with Gasteiger partial charge in [0.25, 0.3) is 17.7 Å². The van der Waals surface area contributed by atoms with Crippen LogP contribution in [0.1, 0.15) is 49.5 Å². The molecule has 3 amide bonds. The minimum Gasteiger partial charge on any atom is -0.349 e. The van der Waals surface area contributed by atoms with Crippen LogP contribution in [-0.2, 0) is 0 Å². The third kappa shape index (κ3) is 5.11. The van der Waals surface area contributed by atoms with Gasteiger partial charge in [-0.05, 0) is 55.7 Å². The van der Waals surface area contributed by atoms with Crippen LogP contribution in [0.2, 0.25) is 0 Å². The van der Waals surface area contributed by atoms with Crippen LogP contribution in [0.5, 0.6) is 0 Å². The number of aryl methyl sites for hydroxylation is 1. The highest BCUT2D eigenvalue weighted by atomic mass is 19.1. The Labute approximate surface area is 197 Å².